The third-order valence-electron chi connectivity index (χ3n) is 5.06. The lowest BCUT2D eigenvalue weighted by Gasteiger charge is -2.06. The van der Waals surface area contributed by atoms with E-state index in [9.17, 15) is 12.8 Å². The summed E-state index contributed by atoms with van der Waals surface area (Å²) in [6.07, 6.45) is 7.44. The number of aromatic nitrogens is 4. The molecule has 0 fully saturated rings. The van der Waals surface area contributed by atoms with Crippen LogP contribution >= 0.6 is 0 Å². The first-order chi connectivity index (χ1) is 14.8. The molecule has 4 rings (SSSR count). The van der Waals surface area contributed by atoms with Crippen LogP contribution in [0.5, 0.6) is 5.88 Å². The second-order valence-corrected chi connectivity index (χ2v) is 9.31. The molecule has 1 N–H and O–H groups in total. The summed E-state index contributed by atoms with van der Waals surface area (Å²) >= 11 is 0. The van der Waals surface area contributed by atoms with E-state index in [1.807, 2.05) is 12.1 Å². The van der Waals surface area contributed by atoms with Gasteiger partial charge in [-0.1, -0.05) is 12.1 Å². The van der Waals surface area contributed by atoms with E-state index in [4.69, 9.17) is 4.74 Å². The fraction of sp³-hybridized carbons (Fsp3) is 0.227. The van der Waals surface area contributed by atoms with Crippen molar-refractivity contribution in [2.45, 2.75) is 24.2 Å². The first kappa shape index (κ1) is 20.9. The van der Waals surface area contributed by atoms with Gasteiger partial charge in [0.15, 0.2) is 9.84 Å². The molecule has 0 bridgehead atoms. The standard InChI is InChI=1S/C22H21FN4O3S/c1-30-20-8-4-14(11-24-20)3-6-17-7-5-15(21(23)27-17)9-16-12-25-22-19(16)10-18(13-26-22)31(2,28)29/h4-5,7-8,10-13H,3,6,9H2,1-2H3,(H,25,26). The van der Waals surface area contributed by atoms with E-state index in [0.717, 1.165) is 17.4 Å². The van der Waals surface area contributed by atoms with Crippen LogP contribution in [0.15, 0.2) is 53.8 Å². The number of halogens is 1. The number of sulfone groups is 1. The maximum Gasteiger partial charge on any atom is 0.216 e. The van der Waals surface area contributed by atoms with Gasteiger partial charge in [-0.25, -0.2) is 23.4 Å². The predicted molar refractivity (Wildman–Crippen MR) is 114 cm³/mol. The van der Waals surface area contributed by atoms with E-state index >= 15 is 0 Å². The van der Waals surface area contributed by atoms with Crippen molar-refractivity contribution >= 4 is 20.9 Å². The minimum atomic E-state index is -3.38. The summed E-state index contributed by atoms with van der Waals surface area (Å²) in [6.45, 7) is 0. The number of H-pyrrole nitrogens is 1. The molecule has 0 aliphatic heterocycles. The van der Waals surface area contributed by atoms with Crippen LogP contribution < -0.4 is 4.74 Å². The van der Waals surface area contributed by atoms with Gasteiger partial charge in [-0.15, -0.1) is 0 Å². The Balaban J connectivity index is 1.50. The number of aryl methyl sites for hydroxylation is 2. The van der Waals surface area contributed by atoms with E-state index in [-0.39, 0.29) is 11.3 Å². The van der Waals surface area contributed by atoms with Crippen molar-refractivity contribution in [3.63, 3.8) is 0 Å². The maximum atomic E-state index is 14.7. The van der Waals surface area contributed by atoms with Crippen LogP contribution in [0.1, 0.15) is 22.4 Å². The zero-order valence-corrected chi connectivity index (χ0v) is 17.9. The highest BCUT2D eigenvalue weighted by Gasteiger charge is 2.14. The smallest absolute Gasteiger partial charge is 0.216 e. The largest absolute Gasteiger partial charge is 0.481 e. The Labute approximate surface area is 179 Å². The van der Waals surface area contributed by atoms with E-state index in [1.165, 1.54) is 6.20 Å². The number of hydrogen-bond acceptors (Lipinski definition) is 6. The van der Waals surface area contributed by atoms with Crippen molar-refractivity contribution in [3.8, 4) is 5.88 Å². The van der Waals surface area contributed by atoms with Gasteiger partial charge in [0.25, 0.3) is 0 Å². The molecule has 160 valence electrons. The molecule has 4 heterocycles. The summed E-state index contributed by atoms with van der Waals surface area (Å²) in [6, 6.07) is 8.80. The van der Waals surface area contributed by atoms with E-state index in [2.05, 4.69) is 19.9 Å². The van der Waals surface area contributed by atoms with Gasteiger partial charge in [0.05, 0.1) is 12.0 Å². The molecule has 0 radical (unpaired) electrons. The van der Waals surface area contributed by atoms with Gasteiger partial charge in [-0.3, -0.25) is 0 Å². The number of hydrogen-bond donors (Lipinski definition) is 1. The summed E-state index contributed by atoms with van der Waals surface area (Å²) in [5.74, 6) is 0.0142. The number of rotatable bonds is 7. The second-order valence-electron chi connectivity index (χ2n) is 7.29. The Morgan fingerprint density at radius 3 is 2.58 bits per heavy atom. The Morgan fingerprint density at radius 2 is 1.90 bits per heavy atom. The van der Waals surface area contributed by atoms with E-state index in [1.54, 1.807) is 37.7 Å². The van der Waals surface area contributed by atoms with Crippen molar-refractivity contribution < 1.29 is 17.5 Å². The van der Waals surface area contributed by atoms with Gasteiger partial charge in [0.2, 0.25) is 11.8 Å². The normalized spacial score (nSPS) is 11.7. The molecule has 0 saturated heterocycles. The van der Waals surface area contributed by atoms with Gasteiger partial charge >= 0.3 is 0 Å². The lowest BCUT2D eigenvalue weighted by atomic mass is 10.0. The van der Waals surface area contributed by atoms with Gasteiger partial charge in [-0.05, 0) is 36.1 Å². The van der Waals surface area contributed by atoms with Crippen molar-refractivity contribution in [2.75, 3.05) is 13.4 Å². The highest BCUT2D eigenvalue weighted by Crippen LogP contribution is 2.23. The highest BCUT2D eigenvalue weighted by atomic mass is 32.2. The van der Waals surface area contributed by atoms with Gasteiger partial charge in [0.1, 0.15) is 5.65 Å². The molecule has 0 aliphatic carbocycles. The number of methoxy groups -OCH3 is 1. The zero-order chi connectivity index (χ0) is 22.0. The van der Waals surface area contributed by atoms with Crippen LogP contribution in [0, 0.1) is 5.95 Å². The van der Waals surface area contributed by atoms with Crippen LogP contribution in [-0.2, 0) is 29.1 Å². The topological polar surface area (TPSA) is 97.8 Å². The number of nitrogens with one attached hydrogen (secondary N) is 1. The van der Waals surface area contributed by atoms with Crippen molar-refractivity contribution in [2.24, 2.45) is 0 Å². The van der Waals surface area contributed by atoms with Crippen molar-refractivity contribution in [3.05, 3.63) is 77.3 Å². The molecular weight excluding hydrogens is 419 g/mol. The number of aromatic amines is 1. The molecular formula is C22H21FN4O3S. The molecule has 0 aliphatic rings. The first-order valence-electron chi connectivity index (χ1n) is 9.63. The zero-order valence-electron chi connectivity index (χ0n) is 17.1. The molecule has 7 nitrogen and oxygen atoms in total. The third kappa shape index (κ3) is 4.72. The Kier molecular flexibility index (Phi) is 5.69. The molecule has 31 heavy (non-hydrogen) atoms. The summed E-state index contributed by atoms with van der Waals surface area (Å²) in [5.41, 5.74) is 3.41. The molecule has 4 aromatic heterocycles. The van der Waals surface area contributed by atoms with Crippen LogP contribution in [0.2, 0.25) is 0 Å². The van der Waals surface area contributed by atoms with Crippen LogP contribution in [-0.4, -0.2) is 41.7 Å². The molecule has 9 heteroatoms. The quantitative estimate of drug-likeness (QED) is 0.443. The number of ether oxygens (including phenoxy) is 1. The molecule has 0 spiro atoms. The van der Waals surface area contributed by atoms with Crippen molar-refractivity contribution in [1.82, 2.24) is 19.9 Å². The third-order valence-corrected chi connectivity index (χ3v) is 6.14. The van der Waals surface area contributed by atoms with Crippen LogP contribution in [0.4, 0.5) is 4.39 Å². The lowest BCUT2D eigenvalue weighted by molar-refractivity contribution is 0.397. The molecule has 0 unspecified atom stereocenters. The monoisotopic (exact) mass is 440 g/mol. The predicted octanol–water partition coefficient (Wildman–Crippen LogP) is 3.28. The molecule has 0 aromatic carbocycles. The average Bonchev–Trinajstić information content (AvgIpc) is 3.16. The van der Waals surface area contributed by atoms with E-state index < -0.39 is 15.8 Å². The maximum absolute atomic E-state index is 14.7. The minimum absolute atomic E-state index is 0.128. The summed E-state index contributed by atoms with van der Waals surface area (Å²) in [4.78, 5) is 15.6. The highest BCUT2D eigenvalue weighted by molar-refractivity contribution is 7.90. The fourth-order valence-corrected chi connectivity index (χ4v) is 3.89. The first-order valence-corrected chi connectivity index (χ1v) is 11.5. The van der Waals surface area contributed by atoms with Crippen molar-refractivity contribution in [1.29, 1.82) is 0 Å². The SMILES string of the molecule is COc1ccc(CCc2ccc(Cc3c[nH]c4ncc(S(C)(=O)=O)cc34)c(F)n2)cn1. The number of pyridine rings is 3. The summed E-state index contributed by atoms with van der Waals surface area (Å²) in [7, 11) is -1.82. The summed E-state index contributed by atoms with van der Waals surface area (Å²) < 4.78 is 43.4. The Morgan fingerprint density at radius 1 is 1.06 bits per heavy atom. The Hall–Kier alpha value is -3.33. The van der Waals surface area contributed by atoms with Crippen LogP contribution in [0.3, 0.4) is 0 Å². The Bertz CT molecular complexity index is 1330. The molecule has 0 amide bonds. The average molecular weight is 441 g/mol. The lowest BCUT2D eigenvalue weighted by Crippen LogP contribution is -2.02. The minimum Gasteiger partial charge on any atom is -0.481 e. The summed E-state index contributed by atoms with van der Waals surface area (Å²) in [5, 5.41) is 0.651. The molecule has 4 aromatic rings. The number of nitrogens with zero attached hydrogens (tertiary/aromatic N) is 3. The van der Waals surface area contributed by atoms with Gasteiger partial charge in [0, 0.05) is 54.0 Å². The molecule has 0 saturated carbocycles. The number of fused-ring (bicyclic) bond motifs is 1. The van der Waals surface area contributed by atoms with Gasteiger partial charge in [-0.2, -0.15) is 4.39 Å². The van der Waals surface area contributed by atoms with E-state index in [0.29, 0.717) is 41.0 Å². The molecule has 0 atom stereocenters. The second kappa shape index (κ2) is 8.43. The van der Waals surface area contributed by atoms with Crippen LogP contribution in [0.25, 0.3) is 11.0 Å². The fourth-order valence-electron chi connectivity index (χ4n) is 3.32. The van der Waals surface area contributed by atoms with Gasteiger partial charge < -0.3 is 9.72 Å².